The maximum absolute atomic E-state index is 12.9. The predicted octanol–water partition coefficient (Wildman–Crippen LogP) is 3.85. The fourth-order valence-electron chi connectivity index (χ4n) is 2.96. The van der Waals surface area contributed by atoms with Crippen LogP contribution in [0.15, 0.2) is 47.3 Å². The molecule has 2 N–H and O–H groups in total. The molecule has 0 spiro atoms. The molecule has 0 saturated heterocycles. The van der Waals surface area contributed by atoms with Crippen LogP contribution in [0.5, 0.6) is 11.5 Å². The van der Waals surface area contributed by atoms with Crippen molar-refractivity contribution in [3.05, 3.63) is 69.1 Å². The van der Waals surface area contributed by atoms with Gasteiger partial charge in [-0.05, 0) is 43.7 Å². The number of phenols is 1. The second-order valence-corrected chi connectivity index (χ2v) is 6.55. The second kappa shape index (κ2) is 7.80. The molecule has 0 aliphatic heterocycles. The van der Waals surface area contributed by atoms with Crippen LogP contribution in [-0.4, -0.2) is 21.1 Å². The molecule has 0 aliphatic carbocycles. The first-order valence-corrected chi connectivity index (χ1v) is 9.04. The normalized spacial score (nSPS) is 10.8. The van der Waals surface area contributed by atoms with Crippen molar-refractivity contribution in [1.82, 2.24) is 9.36 Å². The van der Waals surface area contributed by atoms with Crippen LogP contribution in [0.3, 0.4) is 0 Å². The Morgan fingerprint density at radius 3 is 2.59 bits per heavy atom. The van der Waals surface area contributed by atoms with Crippen molar-refractivity contribution in [2.75, 3.05) is 11.9 Å². The quantitative estimate of drug-likeness (QED) is 0.674. The molecule has 0 radical (unpaired) electrons. The lowest BCUT2D eigenvalue weighted by molar-refractivity contribution is 0.318. The molecule has 0 unspecified atom stereocenters. The van der Waals surface area contributed by atoms with Crippen LogP contribution in [0.4, 0.5) is 5.69 Å². The summed E-state index contributed by atoms with van der Waals surface area (Å²) in [5.41, 5.74) is 2.81. The summed E-state index contributed by atoms with van der Waals surface area (Å²) in [7, 11) is 1.85. The second-order valence-electron chi connectivity index (χ2n) is 6.15. The molecule has 0 amide bonds. The Labute approximate surface area is 162 Å². The molecule has 0 saturated carbocycles. The molecule has 142 valence electrons. The van der Waals surface area contributed by atoms with Crippen LogP contribution in [0.25, 0.3) is 5.69 Å². The number of hydrogen-bond acceptors (Lipinski definition) is 4. The summed E-state index contributed by atoms with van der Waals surface area (Å²) in [4.78, 5) is 12.9. The third-order valence-electron chi connectivity index (χ3n) is 4.41. The highest BCUT2D eigenvalue weighted by Crippen LogP contribution is 2.35. The van der Waals surface area contributed by atoms with Crippen LogP contribution < -0.4 is 15.6 Å². The average Bonchev–Trinajstić information content (AvgIpc) is 2.87. The number of aromatic nitrogens is 2. The van der Waals surface area contributed by atoms with Gasteiger partial charge in [-0.2, -0.15) is 0 Å². The molecule has 0 bridgehead atoms. The van der Waals surface area contributed by atoms with Crippen LogP contribution in [0.1, 0.15) is 18.2 Å². The lowest BCUT2D eigenvalue weighted by Gasteiger charge is -2.11. The van der Waals surface area contributed by atoms with E-state index in [-0.39, 0.29) is 16.3 Å². The number of nitrogens with one attached hydrogen (secondary N) is 1. The van der Waals surface area contributed by atoms with E-state index in [1.165, 1.54) is 0 Å². The van der Waals surface area contributed by atoms with Gasteiger partial charge in [0.05, 0.1) is 23.0 Å². The molecule has 27 heavy (non-hydrogen) atoms. The zero-order chi connectivity index (χ0) is 19.6. The number of benzene rings is 2. The van der Waals surface area contributed by atoms with Gasteiger partial charge in [-0.3, -0.25) is 9.48 Å². The standard InChI is InChI=1S/C20H22ClN3O3/c1-4-27-17-11-14(10-16(21)19(17)25)12-22-18-13(2)23(3)24(20(18)26)15-8-6-5-7-9-15/h5-11,22,25H,4,12H2,1-3H3. The fraction of sp³-hybridized carbons (Fsp3) is 0.250. The number of anilines is 1. The highest BCUT2D eigenvalue weighted by atomic mass is 35.5. The van der Waals surface area contributed by atoms with Gasteiger partial charge in [-0.15, -0.1) is 0 Å². The Hall–Kier alpha value is -2.86. The molecule has 1 aromatic heterocycles. The third-order valence-corrected chi connectivity index (χ3v) is 4.70. The van der Waals surface area contributed by atoms with Gasteiger partial charge in [0, 0.05) is 13.6 Å². The molecule has 2 aromatic carbocycles. The molecular weight excluding hydrogens is 366 g/mol. The summed E-state index contributed by atoms with van der Waals surface area (Å²) >= 11 is 6.08. The Balaban J connectivity index is 1.91. The van der Waals surface area contributed by atoms with E-state index in [2.05, 4.69) is 5.32 Å². The van der Waals surface area contributed by atoms with Gasteiger partial charge in [0.15, 0.2) is 11.5 Å². The first-order valence-electron chi connectivity index (χ1n) is 8.66. The van der Waals surface area contributed by atoms with Gasteiger partial charge in [-0.1, -0.05) is 29.8 Å². The minimum atomic E-state index is -0.129. The van der Waals surface area contributed by atoms with Crippen molar-refractivity contribution in [1.29, 1.82) is 0 Å². The van der Waals surface area contributed by atoms with E-state index < -0.39 is 0 Å². The largest absolute Gasteiger partial charge is 0.503 e. The number of ether oxygens (including phenoxy) is 1. The number of phenolic OH excluding ortho intramolecular Hbond substituents is 1. The Kier molecular flexibility index (Phi) is 5.46. The molecular formula is C20H22ClN3O3. The smallest absolute Gasteiger partial charge is 0.295 e. The minimum Gasteiger partial charge on any atom is -0.503 e. The SMILES string of the molecule is CCOc1cc(CNc2c(C)n(C)n(-c3ccccc3)c2=O)cc(Cl)c1O. The summed E-state index contributed by atoms with van der Waals surface area (Å²) in [5, 5.41) is 13.4. The van der Waals surface area contributed by atoms with Gasteiger partial charge >= 0.3 is 0 Å². The van der Waals surface area contributed by atoms with E-state index in [4.69, 9.17) is 16.3 Å². The minimum absolute atomic E-state index is 0.0791. The molecule has 6 nitrogen and oxygen atoms in total. The van der Waals surface area contributed by atoms with E-state index in [1.807, 2.05) is 55.9 Å². The predicted molar refractivity (Wildman–Crippen MR) is 107 cm³/mol. The summed E-state index contributed by atoms with van der Waals surface area (Å²) < 4.78 is 8.84. The van der Waals surface area contributed by atoms with Gasteiger partial charge in [0.2, 0.25) is 0 Å². The van der Waals surface area contributed by atoms with Crippen molar-refractivity contribution in [2.45, 2.75) is 20.4 Å². The molecule has 7 heteroatoms. The maximum Gasteiger partial charge on any atom is 0.295 e. The van der Waals surface area contributed by atoms with Crippen molar-refractivity contribution >= 4 is 17.3 Å². The van der Waals surface area contributed by atoms with E-state index in [9.17, 15) is 9.90 Å². The number of aromatic hydroxyl groups is 1. The summed E-state index contributed by atoms with van der Waals surface area (Å²) in [6.45, 7) is 4.51. The summed E-state index contributed by atoms with van der Waals surface area (Å²) in [5.74, 6) is 0.248. The van der Waals surface area contributed by atoms with Crippen molar-refractivity contribution in [3.8, 4) is 17.2 Å². The van der Waals surface area contributed by atoms with E-state index in [1.54, 1.807) is 16.8 Å². The van der Waals surface area contributed by atoms with Gasteiger partial charge < -0.3 is 15.2 Å². The van der Waals surface area contributed by atoms with Crippen molar-refractivity contribution in [3.63, 3.8) is 0 Å². The number of halogens is 1. The van der Waals surface area contributed by atoms with Gasteiger partial charge in [0.25, 0.3) is 5.56 Å². The lowest BCUT2D eigenvalue weighted by Crippen LogP contribution is -2.21. The molecule has 3 rings (SSSR count). The fourth-order valence-corrected chi connectivity index (χ4v) is 3.19. The van der Waals surface area contributed by atoms with Crippen LogP contribution in [0.2, 0.25) is 5.02 Å². The summed E-state index contributed by atoms with van der Waals surface area (Å²) in [6.07, 6.45) is 0. The summed E-state index contributed by atoms with van der Waals surface area (Å²) in [6, 6.07) is 12.8. The number of rotatable bonds is 6. The Bertz CT molecular complexity index is 1010. The van der Waals surface area contributed by atoms with Gasteiger partial charge in [-0.25, -0.2) is 4.68 Å². The number of hydrogen-bond donors (Lipinski definition) is 2. The molecule has 1 heterocycles. The molecule has 0 fully saturated rings. The van der Waals surface area contributed by atoms with E-state index in [0.717, 1.165) is 16.9 Å². The van der Waals surface area contributed by atoms with Crippen molar-refractivity contribution < 1.29 is 9.84 Å². The highest BCUT2D eigenvalue weighted by Gasteiger charge is 2.16. The highest BCUT2D eigenvalue weighted by molar-refractivity contribution is 6.32. The zero-order valence-corrected chi connectivity index (χ0v) is 16.2. The van der Waals surface area contributed by atoms with E-state index >= 15 is 0 Å². The molecule has 0 aliphatic rings. The topological polar surface area (TPSA) is 68.4 Å². The Morgan fingerprint density at radius 2 is 1.93 bits per heavy atom. The molecule has 0 atom stereocenters. The number of para-hydroxylation sites is 1. The van der Waals surface area contributed by atoms with Crippen LogP contribution in [-0.2, 0) is 13.6 Å². The first kappa shape index (κ1) is 18.9. The molecule has 3 aromatic rings. The lowest BCUT2D eigenvalue weighted by atomic mass is 10.2. The zero-order valence-electron chi connectivity index (χ0n) is 15.5. The van der Waals surface area contributed by atoms with Crippen molar-refractivity contribution in [2.24, 2.45) is 7.05 Å². The van der Waals surface area contributed by atoms with E-state index in [0.29, 0.717) is 24.6 Å². The van der Waals surface area contributed by atoms with Gasteiger partial charge in [0.1, 0.15) is 5.69 Å². The van der Waals surface area contributed by atoms with Crippen LogP contribution in [0, 0.1) is 6.92 Å². The number of nitrogens with zero attached hydrogens (tertiary/aromatic N) is 2. The average molecular weight is 388 g/mol. The third kappa shape index (κ3) is 3.66. The van der Waals surface area contributed by atoms with Crippen LogP contribution >= 0.6 is 11.6 Å². The monoisotopic (exact) mass is 387 g/mol. The first-order chi connectivity index (χ1) is 12.9. The maximum atomic E-state index is 12.9. The Morgan fingerprint density at radius 1 is 1.22 bits per heavy atom.